The van der Waals surface area contributed by atoms with E-state index in [1.54, 1.807) is 0 Å². The summed E-state index contributed by atoms with van der Waals surface area (Å²) < 4.78 is 1.84. The minimum absolute atomic E-state index is 0. The van der Waals surface area contributed by atoms with Gasteiger partial charge in [-0.1, -0.05) is 27.7 Å². The molecule has 1 rings (SSSR count). The van der Waals surface area contributed by atoms with Gasteiger partial charge in [0.2, 0.25) is 0 Å². The fourth-order valence-electron chi connectivity index (χ4n) is 2.26. The van der Waals surface area contributed by atoms with Crippen LogP contribution in [0.2, 0.25) is 0 Å². The lowest BCUT2D eigenvalue weighted by Gasteiger charge is -2.26. The predicted molar refractivity (Wildman–Crippen MR) is 75.4 cm³/mol. The fraction of sp³-hybridized carbons (Fsp3) is 0.769. The van der Waals surface area contributed by atoms with Crippen LogP contribution in [0.5, 0.6) is 0 Å². The highest BCUT2D eigenvalue weighted by molar-refractivity contribution is 5.85. The molecule has 3 nitrogen and oxygen atoms in total. The second kappa shape index (κ2) is 7.02. The number of rotatable bonds is 6. The summed E-state index contributed by atoms with van der Waals surface area (Å²) in [6.07, 6.45) is 3.23. The number of aryl methyl sites for hydroxylation is 1. The molecule has 1 heterocycles. The van der Waals surface area contributed by atoms with Crippen LogP contribution in [0.25, 0.3) is 0 Å². The van der Waals surface area contributed by atoms with E-state index in [1.807, 2.05) is 17.9 Å². The van der Waals surface area contributed by atoms with Crippen LogP contribution in [0.15, 0.2) is 12.3 Å². The first-order valence-electron chi connectivity index (χ1n) is 6.08. The molecule has 1 aromatic heterocycles. The van der Waals surface area contributed by atoms with Crippen molar-refractivity contribution >= 4 is 12.4 Å². The van der Waals surface area contributed by atoms with Crippen molar-refractivity contribution in [3.05, 3.63) is 18.0 Å². The lowest BCUT2D eigenvalue weighted by molar-refractivity contribution is 0.272. The van der Waals surface area contributed by atoms with E-state index in [2.05, 4.69) is 44.2 Å². The average Bonchev–Trinajstić information content (AvgIpc) is 2.48. The maximum Gasteiger partial charge on any atom is 0.0762 e. The van der Waals surface area contributed by atoms with Gasteiger partial charge in [0.25, 0.3) is 0 Å². The summed E-state index contributed by atoms with van der Waals surface area (Å²) in [5.74, 6) is 0.756. The zero-order chi connectivity index (χ0) is 12.2. The zero-order valence-corrected chi connectivity index (χ0v) is 12.5. The van der Waals surface area contributed by atoms with Crippen molar-refractivity contribution in [2.75, 3.05) is 6.54 Å². The van der Waals surface area contributed by atoms with Crippen LogP contribution in [0.4, 0.5) is 0 Å². The molecule has 0 radical (unpaired) electrons. The minimum Gasteiger partial charge on any atom is -0.311 e. The molecule has 100 valence electrons. The Balaban J connectivity index is 0.00000256. The van der Waals surface area contributed by atoms with Crippen molar-refractivity contribution in [2.24, 2.45) is 18.4 Å². The van der Waals surface area contributed by atoms with Crippen molar-refractivity contribution in [1.82, 2.24) is 15.1 Å². The Labute approximate surface area is 111 Å². The summed E-state index contributed by atoms with van der Waals surface area (Å²) in [6.45, 7) is 11.1. The van der Waals surface area contributed by atoms with Crippen LogP contribution < -0.4 is 5.32 Å². The number of aromatic nitrogens is 2. The Morgan fingerprint density at radius 2 is 2.06 bits per heavy atom. The summed E-state index contributed by atoms with van der Waals surface area (Å²) in [7, 11) is 1.95. The first kappa shape index (κ1) is 16.5. The van der Waals surface area contributed by atoms with E-state index >= 15 is 0 Å². The highest BCUT2D eigenvalue weighted by Gasteiger charge is 2.18. The zero-order valence-electron chi connectivity index (χ0n) is 11.7. The largest absolute Gasteiger partial charge is 0.311 e. The SMILES string of the molecule is CC(C)CC(C)(C)CNCc1ccn(C)n1.Cl. The predicted octanol–water partition coefficient (Wildman–Crippen LogP) is 3.00. The quantitative estimate of drug-likeness (QED) is 0.851. The Morgan fingerprint density at radius 1 is 1.41 bits per heavy atom. The maximum atomic E-state index is 4.35. The second-order valence-corrected chi connectivity index (χ2v) is 5.85. The third kappa shape index (κ3) is 6.69. The molecule has 1 N–H and O–H groups in total. The molecule has 0 bridgehead atoms. The van der Waals surface area contributed by atoms with E-state index < -0.39 is 0 Å². The summed E-state index contributed by atoms with van der Waals surface area (Å²) in [4.78, 5) is 0. The second-order valence-electron chi connectivity index (χ2n) is 5.85. The molecule has 0 spiro atoms. The normalized spacial score (nSPS) is 11.6. The van der Waals surface area contributed by atoms with Crippen LogP contribution in [0.1, 0.15) is 39.8 Å². The van der Waals surface area contributed by atoms with Gasteiger partial charge in [0.15, 0.2) is 0 Å². The number of hydrogen-bond acceptors (Lipinski definition) is 2. The Hall–Kier alpha value is -0.540. The number of halogens is 1. The standard InChI is InChI=1S/C13H25N3.ClH/c1-11(2)8-13(3,4)10-14-9-12-6-7-16(5)15-12;/h6-7,11,14H,8-10H2,1-5H3;1H. The van der Waals surface area contributed by atoms with Gasteiger partial charge in [-0.25, -0.2) is 0 Å². The van der Waals surface area contributed by atoms with Crippen molar-refractivity contribution in [2.45, 2.75) is 40.7 Å². The molecule has 0 unspecified atom stereocenters. The monoisotopic (exact) mass is 259 g/mol. The van der Waals surface area contributed by atoms with E-state index in [-0.39, 0.29) is 12.4 Å². The molecule has 17 heavy (non-hydrogen) atoms. The molecule has 0 fully saturated rings. The van der Waals surface area contributed by atoms with Gasteiger partial charge in [-0.15, -0.1) is 12.4 Å². The van der Waals surface area contributed by atoms with Crippen LogP contribution >= 0.6 is 12.4 Å². The molecule has 0 aliphatic rings. The van der Waals surface area contributed by atoms with Crippen molar-refractivity contribution in [1.29, 1.82) is 0 Å². The van der Waals surface area contributed by atoms with Crippen molar-refractivity contribution in [3.63, 3.8) is 0 Å². The molecule has 0 amide bonds. The number of hydrogen-bond donors (Lipinski definition) is 1. The molecule has 4 heteroatoms. The van der Waals surface area contributed by atoms with Gasteiger partial charge in [-0.2, -0.15) is 5.10 Å². The summed E-state index contributed by atoms with van der Waals surface area (Å²) >= 11 is 0. The Bertz CT molecular complexity index is 318. The van der Waals surface area contributed by atoms with Gasteiger partial charge >= 0.3 is 0 Å². The molecule has 0 atom stereocenters. The third-order valence-electron chi connectivity index (χ3n) is 2.64. The van der Waals surface area contributed by atoms with Crippen molar-refractivity contribution in [3.8, 4) is 0 Å². The molecule has 0 aromatic carbocycles. The molecular weight excluding hydrogens is 234 g/mol. The summed E-state index contributed by atoms with van der Waals surface area (Å²) in [6, 6.07) is 2.06. The molecular formula is C13H26ClN3. The lowest BCUT2D eigenvalue weighted by Crippen LogP contribution is -2.30. The molecule has 0 saturated heterocycles. The highest BCUT2D eigenvalue weighted by atomic mass is 35.5. The lowest BCUT2D eigenvalue weighted by atomic mass is 9.84. The Kier molecular flexibility index (Phi) is 6.80. The van der Waals surface area contributed by atoms with Gasteiger partial charge < -0.3 is 5.32 Å². The van der Waals surface area contributed by atoms with Gasteiger partial charge in [0, 0.05) is 26.3 Å². The van der Waals surface area contributed by atoms with E-state index in [0.717, 1.165) is 24.7 Å². The van der Waals surface area contributed by atoms with Crippen molar-refractivity contribution < 1.29 is 0 Å². The number of nitrogens with one attached hydrogen (secondary N) is 1. The topological polar surface area (TPSA) is 29.9 Å². The smallest absolute Gasteiger partial charge is 0.0762 e. The first-order chi connectivity index (χ1) is 7.39. The van der Waals surface area contributed by atoms with E-state index in [0.29, 0.717) is 5.41 Å². The maximum absolute atomic E-state index is 4.35. The van der Waals surface area contributed by atoms with Gasteiger partial charge in [-0.3, -0.25) is 4.68 Å². The molecule has 0 aliphatic carbocycles. The first-order valence-corrected chi connectivity index (χ1v) is 6.08. The minimum atomic E-state index is 0. The van der Waals surface area contributed by atoms with Gasteiger partial charge in [0.1, 0.15) is 0 Å². The van der Waals surface area contributed by atoms with Crippen LogP contribution in [0, 0.1) is 11.3 Å². The summed E-state index contributed by atoms with van der Waals surface area (Å²) in [5, 5.41) is 7.83. The highest BCUT2D eigenvalue weighted by Crippen LogP contribution is 2.24. The third-order valence-corrected chi connectivity index (χ3v) is 2.64. The van der Waals surface area contributed by atoms with Gasteiger partial charge in [-0.05, 0) is 23.8 Å². The van der Waals surface area contributed by atoms with Crippen LogP contribution in [-0.2, 0) is 13.6 Å². The van der Waals surface area contributed by atoms with E-state index in [1.165, 1.54) is 6.42 Å². The molecule has 0 aliphatic heterocycles. The Morgan fingerprint density at radius 3 is 2.53 bits per heavy atom. The van der Waals surface area contributed by atoms with E-state index in [4.69, 9.17) is 0 Å². The van der Waals surface area contributed by atoms with E-state index in [9.17, 15) is 0 Å². The summed E-state index contributed by atoms with van der Waals surface area (Å²) in [5.41, 5.74) is 1.48. The van der Waals surface area contributed by atoms with Crippen LogP contribution in [0.3, 0.4) is 0 Å². The average molecular weight is 260 g/mol. The molecule has 0 saturated carbocycles. The van der Waals surface area contributed by atoms with Gasteiger partial charge in [0.05, 0.1) is 5.69 Å². The molecule has 1 aromatic rings. The van der Waals surface area contributed by atoms with Crippen LogP contribution in [-0.4, -0.2) is 16.3 Å². The fourth-order valence-corrected chi connectivity index (χ4v) is 2.26. The number of nitrogens with zero attached hydrogens (tertiary/aromatic N) is 2.